The first-order chi connectivity index (χ1) is 12.9. The number of anilines is 1. The van der Waals surface area contributed by atoms with Crippen molar-refractivity contribution >= 4 is 68.4 Å². The van der Waals surface area contributed by atoms with E-state index < -0.39 is 11.8 Å². The normalized spacial score (nSPS) is 15.9. The molecule has 0 aliphatic carbocycles. The smallest absolute Gasteiger partial charge is 0.270 e. The molecule has 0 radical (unpaired) electrons. The Morgan fingerprint density at radius 2 is 2.00 bits per heavy atom. The topological polar surface area (TPSA) is 58.6 Å². The maximum Gasteiger partial charge on any atom is 0.270 e. The van der Waals surface area contributed by atoms with Crippen molar-refractivity contribution < 1.29 is 14.3 Å². The molecule has 1 aliphatic heterocycles. The summed E-state index contributed by atoms with van der Waals surface area (Å²) < 4.78 is 6.20. The molecule has 8 heteroatoms. The highest BCUT2D eigenvalue weighted by molar-refractivity contribution is 9.10. The first-order valence-electron chi connectivity index (χ1n) is 8.00. The van der Waals surface area contributed by atoms with Gasteiger partial charge in [0, 0.05) is 0 Å². The van der Waals surface area contributed by atoms with Crippen LogP contribution >= 0.6 is 39.7 Å². The molecule has 1 heterocycles. The zero-order chi connectivity index (χ0) is 19.6. The predicted molar refractivity (Wildman–Crippen MR) is 113 cm³/mol. The average molecular weight is 466 g/mol. The lowest BCUT2D eigenvalue weighted by atomic mass is 10.1. The third-order valence-electron chi connectivity index (χ3n) is 3.76. The predicted octanol–water partition coefficient (Wildman–Crippen LogP) is 4.33. The van der Waals surface area contributed by atoms with E-state index in [1.807, 2.05) is 6.92 Å². The first kappa shape index (κ1) is 19.5. The maximum atomic E-state index is 13.0. The number of carbonyl (C=O) groups excluding carboxylic acids is 2. The molecule has 2 aromatic rings. The Morgan fingerprint density at radius 3 is 2.67 bits per heavy atom. The van der Waals surface area contributed by atoms with Crippen molar-refractivity contribution in [3.8, 4) is 5.75 Å². The van der Waals surface area contributed by atoms with E-state index in [4.69, 9.17) is 28.6 Å². The second-order valence-electron chi connectivity index (χ2n) is 5.53. The fourth-order valence-electron chi connectivity index (χ4n) is 2.56. The molecule has 0 bridgehead atoms. The first-order valence-corrected chi connectivity index (χ1v) is 9.58. The zero-order valence-electron chi connectivity index (χ0n) is 14.2. The van der Waals surface area contributed by atoms with E-state index in [1.165, 1.54) is 11.0 Å². The number of benzene rings is 2. The molecule has 27 heavy (non-hydrogen) atoms. The molecule has 0 unspecified atom stereocenters. The van der Waals surface area contributed by atoms with Gasteiger partial charge in [0.25, 0.3) is 11.8 Å². The van der Waals surface area contributed by atoms with Crippen LogP contribution in [0.2, 0.25) is 5.02 Å². The van der Waals surface area contributed by atoms with Crippen LogP contribution in [-0.2, 0) is 9.59 Å². The SMILES string of the molecule is CCOc1ccc(/C=C2\C(=O)NC(=S)N(c3ccccc3Cl)C2=O)cc1Br. The number of ether oxygens (including phenoxy) is 1. The van der Waals surface area contributed by atoms with Gasteiger partial charge in [-0.3, -0.25) is 19.8 Å². The highest BCUT2D eigenvalue weighted by Gasteiger charge is 2.35. The minimum atomic E-state index is -0.557. The van der Waals surface area contributed by atoms with Gasteiger partial charge >= 0.3 is 0 Å². The fourth-order valence-corrected chi connectivity index (χ4v) is 3.56. The lowest BCUT2D eigenvalue weighted by Gasteiger charge is -2.29. The molecule has 0 saturated carbocycles. The third kappa shape index (κ3) is 4.05. The molecule has 0 aromatic heterocycles. The van der Waals surface area contributed by atoms with Crippen LogP contribution in [0.4, 0.5) is 5.69 Å². The zero-order valence-corrected chi connectivity index (χ0v) is 17.3. The van der Waals surface area contributed by atoms with Crippen molar-refractivity contribution in [3.63, 3.8) is 0 Å². The molecule has 1 aliphatic rings. The molecule has 138 valence electrons. The van der Waals surface area contributed by atoms with Crippen molar-refractivity contribution in [2.24, 2.45) is 0 Å². The van der Waals surface area contributed by atoms with E-state index in [0.717, 1.165) is 4.47 Å². The van der Waals surface area contributed by atoms with E-state index in [2.05, 4.69) is 21.2 Å². The molecule has 3 rings (SSSR count). The molecule has 5 nitrogen and oxygen atoms in total. The number of hydrogen-bond donors (Lipinski definition) is 1. The van der Waals surface area contributed by atoms with Gasteiger partial charge in [-0.15, -0.1) is 0 Å². The number of nitrogens with one attached hydrogen (secondary N) is 1. The molecule has 1 N–H and O–H groups in total. The number of thiocarbonyl (C=S) groups is 1. The van der Waals surface area contributed by atoms with Gasteiger partial charge in [0.15, 0.2) is 5.11 Å². The second-order valence-corrected chi connectivity index (χ2v) is 7.18. The van der Waals surface area contributed by atoms with Gasteiger partial charge < -0.3 is 4.74 Å². The van der Waals surface area contributed by atoms with Crippen LogP contribution in [0.1, 0.15) is 12.5 Å². The van der Waals surface area contributed by atoms with E-state index >= 15 is 0 Å². The largest absolute Gasteiger partial charge is 0.493 e. The van der Waals surface area contributed by atoms with Crippen molar-refractivity contribution in [1.82, 2.24) is 5.32 Å². The monoisotopic (exact) mass is 464 g/mol. The Kier molecular flexibility index (Phi) is 5.94. The van der Waals surface area contributed by atoms with E-state index in [-0.39, 0.29) is 10.7 Å². The van der Waals surface area contributed by atoms with Crippen LogP contribution in [0.15, 0.2) is 52.5 Å². The van der Waals surface area contributed by atoms with Crippen molar-refractivity contribution in [3.05, 3.63) is 63.1 Å². The molecule has 2 aromatic carbocycles. The van der Waals surface area contributed by atoms with Crippen molar-refractivity contribution in [2.45, 2.75) is 6.92 Å². The summed E-state index contributed by atoms with van der Waals surface area (Å²) in [4.78, 5) is 26.5. The lowest BCUT2D eigenvalue weighted by molar-refractivity contribution is -0.122. The molecular formula is C19H14BrClN2O3S. The van der Waals surface area contributed by atoms with Gasteiger partial charge in [-0.25, -0.2) is 0 Å². The minimum Gasteiger partial charge on any atom is -0.493 e. The van der Waals surface area contributed by atoms with Crippen molar-refractivity contribution in [1.29, 1.82) is 0 Å². The van der Waals surface area contributed by atoms with Crippen LogP contribution in [-0.4, -0.2) is 23.5 Å². The minimum absolute atomic E-state index is 0.0110. The Bertz CT molecular complexity index is 977. The quantitative estimate of drug-likeness (QED) is 0.415. The van der Waals surface area contributed by atoms with Crippen LogP contribution in [0.25, 0.3) is 6.08 Å². The van der Waals surface area contributed by atoms with Crippen LogP contribution < -0.4 is 15.0 Å². The third-order valence-corrected chi connectivity index (χ3v) is 4.99. The van der Waals surface area contributed by atoms with Gasteiger partial charge in [-0.1, -0.05) is 29.8 Å². The molecule has 0 spiro atoms. The van der Waals surface area contributed by atoms with Crippen LogP contribution in [0.5, 0.6) is 5.75 Å². The van der Waals surface area contributed by atoms with Gasteiger partial charge in [-0.2, -0.15) is 0 Å². The summed E-state index contributed by atoms with van der Waals surface area (Å²) in [6.45, 7) is 2.42. The lowest BCUT2D eigenvalue weighted by Crippen LogP contribution is -2.54. The maximum absolute atomic E-state index is 13.0. The summed E-state index contributed by atoms with van der Waals surface area (Å²) in [6.07, 6.45) is 1.50. The highest BCUT2D eigenvalue weighted by Crippen LogP contribution is 2.30. The molecule has 1 saturated heterocycles. The molecular weight excluding hydrogens is 452 g/mol. The summed E-state index contributed by atoms with van der Waals surface area (Å²) in [5.74, 6) is -0.418. The summed E-state index contributed by atoms with van der Waals surface area (Å²) in [6, 6.07) is 12.1. The Balaban J connectivity index is 2.00. The summed E-state index contributed by atoms with van der Waals surface area (Å²) in [5, 5.41) is 2.88. The van der Waals surface area contributed by atoms with Gasteiger partial charge in [0.05, 0.1) is 21.8 Å². The number of amides is 2. The molecule has 1 fully saturated rings. The Hall–Kier alpha value is -2.22. The van der Waals surface area contributed by atoms with Gasteiger partial charge in [-0.05, 0) is 71.0 Å². The van der Waals surface area contributed by atoms with Gasteiger partial charge in [0.2, 0.25) is 0 Å². The van der Waals surface area contributed by atoms with Crippen LogP contribution in [0, 0.1) is 0 Å². The summed E-state index contributed by atoms with van der Waals surface area (Å²) >= 11 is 14.8. The number of para-hydroxylation sites is 1. The fraction of sp³-hybridized carbons (Fsp3) is 0.105. The number of halogens is 2. The van der Waals surface area contributed by atoms with Crippen molar-refractivity contribution in [2.75, 3.05) is 11.5 Å². The molecule has 0 atom stereocenters. The highest BCUT2D eigenvalue weighted by atomic mass is 79.9. The summed E-state index contributed by atoms with van der Waals surface area (Å²) in [5.41, 5.74) is 1.03. The number of hydrogen-bond acceptors (Lipinski definition) is 4. The average Bonchev–Trinajstić information content (AvgIpc) is 2.62. The Morgan fingerprint density at radius 1 is 1.26 bits per heavy atom. The standard InChI is InChI=1S/C19H14BrClN2O3S/c1-2-26-16-8-7-11(10-13(16)20)9-12-17(24)22-19(27)23(18(12)25)15-6-4-3-5-14(15)21/h3-10H,2H2,1H3,(H,22,24,27)/b12-9+. The van der Waals surface area contributed by atoms with E-state index in [0.29, 0.717) is 28.6 Å². The van der Waals surface area contributed by atoms with Crippen LogP contribution in [0.3, 0.4) is 0 Å². The molecule has 2 amide bonds. The summed E-state index contributed by atoms with van der Waals surface area (Å²) in [7, 11) is 0. The van der Waals surface area contributed by atoms with E-state index in [9.17, 15) is 9.59 Å². The van der Waals surface area contributed by atoms with Gasteiger partial charge in [0.1, 0.15) is 11.3 Å². The number of carbonyl (C=O) groups is 2. The second kappa shape index (κ2) is 8.21. The van der Waals surface area contributed by atoms with E-state index in [1.54, 1.807) is 42.5 Å². The Labute approximate surface area is 175 Å². The number of rotatable bonds is 4. The number of nitrogens with zero attached hydrogens (tertiary/aromatic N) is 1.